The van der Waals surface area contributed by atoms with Gasteiger partial charge < -0.3 is 10.2 Å². The average Bonchev–Trinajstić information content (AvgIpc) is 2.46. The third-order valence-corrected chi connectivity index (χ3v) is 4.07. The monoisotopic (exact) mass is 342 g/mol. The van der Waals surface area contributed by atoms with Gasteiger partial charge in [0.2, 0.25) is 5.82 Å². The SMILES string of the molecule is CCN1CCC[C@H](CNc2ncc(Br)cc2[N+](=O)[O-])C1. The van der Waals surface area contributed by atoms with Crippen molar-refractivity contribution >= 4 is 27.4 Å². The first-order chi connectivity index (χ1) is 9.60. The van der Waals surface area contributed by atoms with Crippen LogP contribution in [0.5, 0.6) is 0 Å². The van der Waals surface area contributed by atoms with Crippen molar-refractivity contribution in [2.24, 2.45) is 5.92 Å². The van der Waals surface area contributed by atoms with Crippen molar-refractivity contribution in [1.29, 1.82) is 0 Å². The number of rotatable bonds is 5. The van der Waals surface area contributed by atoms with E-state index < -0.39 is 4.92 Å². The maximum atomic E-state index is 11.0. The standard InChI is InChI=1S/C13H19BrN4O2/c1-2-17-5-3-4-10(9-17)7-15-13-12(18(19)20)6-11(14)8-16-13/h6,8,10H,2-5,7,9H2,1H3,(H,15,16)/t10-/m1/s1. The number of piperidine rings is 1. The van der Waals surface area contributed by atoms with Gasteiger partial charge in [-0.05, 0) is 47.8 Å². The number of likely N-dealkylation sites (tertiary alicyclic amines) is 1. The number of halogens is 1. The van der Waals surface area contributed by atoms with E-state index in [4.69, 9.17) is 0 Å². The number of nitrogens with one attached hydrogen (secondary N) is 1. The zero-order chi connectivity index (χ0) is 14.5. The minimum atomic E-state index is -0.403. The van der Waals surface area contributed by atoms with Crippen molar-refractivity contribution in [2.75, 3.05) is 31.5 Å². The topological polar surface area (TPSA) is 71.3 Å². The Hall–Kier alpha value is -1.21. The highest BCUT2D eigenvalue weighted by atomic mass is 79.9. The second-order valence-corrected chi connectivity index (χ2v) is 5.98. The smallest absolute Gasteiger partial charge is 0.312 e. The molecule has 0 aromatic carbocycles. The summed E-state index contributed by atoms with van der Waals surface area (Å²) in [5.41, 5.74) is 0.0162. The highest BCUT2D eigenvalue weighted by Crippen LogP contribution is 2.26. The Morgan fingerprint density at radius 2 is 2.45 bits per heavy atom. The van der Waals surface area contributed by atoms with Crippen molar-refractivity contribution in [1.82, 2.24) is 9.88 Å². The van der Waals surface area contributed by atoms with Crippen molar-refractivity contribution in [3.05, 3.63) is 26.9 Å². The second-order valence-electron chi connectivity index (χ2n) is 5.06. The molecule has 1 aromatic rings. The summed E-state index contributed by atoms with van der Waals surface area (Å²) in [4.78, 5) is 17.1. The maximum Gasteiger partial charge on any atom is 0.312 e. The fourth-order valence-electron chi connectivity index (χ4n) is 2.55. The Bertz CT molecular complexity index is 483. The normalized spacial score (nSPS) is 19.8. The van der Waals surface area contributed by atoms with Gasteiger partial charge in [0.25, 0.3) is 0 Å². The molecule has 0 aliphatic carbocycles. The Labute approximate surface area is 126 Å². The molecule has 2 rings (SSSR count). The quantitative estimate of drug-likeness (QED) is 0.657. The summed E-state index contributed by atoms with van der Waals surface area (Å²) in [5.74, 6) is 0.876. The van der Waals surface area contributed by atoms with Crippen LogP contribution in [-0.2, 0) is 0 Å². The van der Waals surface area contributed by atoms with E-state index in [0.717, 1.165) is 32.6 Å². The van der Waals surface area contributed by atoms with E-state index in [1.165, 1.54) is 12.5 Å². The summed E-state index contributed by atoms with van der Waals surface area (Å²) in [5, 5.41) is 14.2. The number of hydrogen-bond donors (Lipinski definition) is 1. The van der Waals surface area contributed by atoms with Crippen LogP contribution in [0, 0.1) is 16.0 Å². The lowest BCUT2D eigenvalue weighted by molar-refractivity contribution is -0.384. The van der Waals surface area contributed by atoms with Crippen LogP contribution in [-0.4, -0.2) is 41.0 Å². The van der Waals surface area contributed by atoms with E-state index >= 15 is 0 Å². The van der Waals surface area contributed by atoms with Crippen LogP contribution in [0.2, 0.25) is 0 Å². The molecule has 0 radical (unpaired) electrons. The molecular formula is C13H19BrN4O2. The molecule has 0 unspecified atom stereocenters. The molecule has 1 aromatic heterocycles. The summed E-state index contributed by atoms with van der Waals surface area (Å²) in [6, 6.07) is 1.48. The Balaban J connectivity index is 1.98. The molecule has 1 aliphatic heterocycles. The van der Waals surface area contributed by atoms with Crippen LogP contribution in [0.15, 0.2) is 16.7 Å². The predicted molar refractivity (Wildman–Crippen MR) is 81.9 cm³/mol. The van der Waals surface area contributed by atoms with Gasteiger partial charge in [0.05, 0.1) is 4.92 Å². The second kappa shape index (κ2) is 6.99. The first-order valence-corrected chi connectivity index (χ1v) is 7.65. The van der Waals surface area contributed by atoms with Crippen molar-refractivity contribution in [2.45, 2.75) is 19.8 Å². The molecular weight excluding hydrogens is 324 g/mol. The van der Waals surface area contributed by atoms with Crippen LogP contribution < -0.4 is 5.32 Å². The third kappa shape index (κ3) is 3.89. The van der Waals surface area contributed by atoms with E-state index in [-0.39, 0.29) is 5.69 Å². The molecule has 1 fully saturated rings. The summed E-state index contributed by atoms with van der Waals surface area (Å²) in [6.45, 7) is 6.16. The Kier molecular flexibility index (Phi) is 5.31. The van der Waals surface area contributed by atoms with Gasteiger partial charge >= 0.3 is 5.69 Å². The summed E-state index contributed by atoms with van der Waals surface area (Å²) < 4.78 is 0.615. The molecule has 110 valence electrons. The molecule has 0 spiro atoms. The van der Waals surface area contributed by atoms with Crippen LogP contribution in [0.3, 0.4) is 0 Å². The lowest BCUT2D eigenvalue weighted by Crippen LogP contribution is -2.37. The zero-order valence-corrected chi connectivity index (χ0v) is 13.1. The molecule has 6 nitrogen and oxygen atoms in total. The lowest BCUT2D eigenvalue weighted by Gasteiger charge is -2.31. The van der Waals surface area contributed by atoms with Gasteiger partial charge in [-0.1, -0.05) is 6.92 Å². The molecule has 1 saturated heterocycles. The third-order valence-electron chi connectivity index (χ3n) is 3.64. The van der Waals surface area contributed by atoms with E-state index in [2.05, 4.69) is 38.1 Å². The molecule has 1 aliphatic rings. The van der Waals surface area contributed by atoms with Gasteiger partial charge in [-0.2, -0.15) is 0 Å². The van der Waals surface area contributed by atoms with Gasteiger partial charge in [-0.15, -0.1) is 0 Å². The lowest BCUT2D eigenvalue weighted by atomic mass is 9.98. The van der Waals surface area contributed by atoms with E-state index in [0.29, 0.717) is 16.2 Å². The summed E-state index contributed by atoms with van der Waals surface area (Å²) in [6.07, 6.45) is 3.93. The number of aromatic nitrogens is 1. The van der Waals surface area contributed by atoms with Gasteiger partial charge in [0, 0.05) is 29.8 Å². The summed E-state index contributed by atoms with van der Waals surface area (Å²) >= 11 is 3.21. The van der Waals surface area contributed by atoms with E-state index in [1.54, 1.807) is 6.20 Å². The largest absolute Gasteiger partial charge is 0.364 e. The zero-order valence-electron chi connectivity index (χ0n) is 11.5. The van der Waals surface area contributed by atoms with Crippen molar-refractivity contribution in [3.8, 4) is 0 Å². The first-order valence-electron chi connectivity index (χ1n) is 6.86. The molecule has 20 heavy (non-hydrogen) atoms. The Morgan fingerprint density at radius 1 is 1.65 bits per heavy atom. The van der Waals surface area contributed by atoms with Crippen LogP contribution >= 0.6 is 15.9 Å². The maximum absolute atomic E-state index is 11.0. The van der Waals surface area contributed by atoms with Gasteiger partial charge in [0.15, 0.2) is 0 Å². The predicted octanol–water partition coefficient (Wildman–Crippen LogP) is 2.90. The molecule has 2 heterocycles. The minimum Gasteiger partial charge on any atom is -0.364 e. The Morgan fingerprint density at radius 3 is 3.15 bits per heavy atom. The number of nitrogens with zero attached hydrogens (tertiary/aromatic N) is 3. The molecule has 1 N–H and O–H groups in total. The molecule has 0 saturated carbocycles. The van der Waals surface area contributed by atoms with Gasteiger partial charge in [0.1, 0.15) is 0 Å². The number of anilines is 1. The van der Waals surface area contributed by atoms with Crippen LogP contribution in [0.4, 0.5) is 11.5 Å². The number of hydrogen-bond acceptors (Lipinski definition) is 5. The number of nitro groups is 1. The van der Waals surface area contributed by atoms with E-state index in [1.807, 2.05) is 0 Å². The fraction of sp³-hybridized carbons (Fsp3) is 0.615. The first kappa shape index (κ1) is 15.2. The molecule has 1 atom stereocenters. The van der Waals surface area contributed by atoms with Gasteiger partial charge in [-0.25, -0.2) is 4.98 Å². The highest BCUT2D eigenvalue weighted by molar-refractivity contribution is 9.10. The van der Waals surface area contributed by atoms with E-state index in [9.17, 15) is 10.1 Å². The highest BCUT2D eigenvalue weighted by Gasteiger charge is 2.21. The number of pyridine rings is 1. The van der Waals surface area contributed by atoms with Crippen LogP contribution in [0.1, 0.15) is 19.8 Å². The van der Waals surface area contributed by atoms with Crippen molar-refractivity contribution < 1.29 is 4.92 Å². The average molecular weight is 343 g/mol. The van der Waals surface area contributed by atoms with Crippen molar-refractivity contribution in [3.63, 3.8) is 0 Å². The van der Waals surface area contributed by atoms with Crippen LogP contribution in [0.25, 0.3) is 0 Å². The molecule has 7 heteroatoms. The summed E-state index contributed by atoms with van der Waals surface area (Å²) in [7, 11) is 0. The molecule has 0 amide bonds. The fourth-order valence-corrected chi connectivity index (χ4v) is 2.87. The molecule has 0 bridgehead atoms. The minimum absolute atomic E-state index is 0.0162. The van der Waals surface area contributed by atoms with Gasteiger partial charge in [-0.3, -0.25) is 10.1 Å².